The maximum atomic E-state index is 14.2. The number of ether oxygens (including phenoxy) is 1. The molecule has 0 spiro atoms. The van der Waals surface area contributed by atoms with Crippen molar-refractivity contribution < 1.29 is 19.1 Å². The van der Waals surface area contributed by atoms with E-state index in [0.717, 1.165) is 42.9 Å². The van der Waals surface area contributed by atoms with Crippen LogP contribution in [0.3, 0.4) is 0 Å². The topological polar surface area (TPSA) is 144 Å². The first-order valence-corrected chi connectivity index (χ1v) is 13.1. The standard InChI is InChI=1S/C27H32N6O4S/c1-32(2)18-14-12-16(13-15-18)23(26(35)30-17-8-4-5-9-17)33(19-10-6-7-11-20(19)37-3)27(36)24-21(28)22(25(29)34)31-38-24/h6-7,10-15,17,23H,4-5,8-9,28H2,1-3H3,(H2,29,34)(H,30,35)/t23-/m0/s1. The largest absolute Gasteiger partial charge is 0.495 e. The molecule has 200 valence electrons. The number of hydrogen-bond donors (Lipinski definition) is 3. The number of aromatic nitrogens is 1. The van der Waals surface area contributed by atoms with Gasteiger partial charge in [0, 0.05) is 25.8 Å². The molecule has 3 amide bonds. The van der Waals surface area contributed by atoms with E-state index < -0.39 is 17.9 Å². The maximum absolute atomic E-state index is 14.2. The van der Waals surface area contributed by atoms with Crippen molar-refractivity contribution in [3.05, 3.63) is 64.7 Å². The summed E-state index contributed by atoms with van der Waals surface area (Å²) in [6, 6.07) is 13.3. The van der Waals surface area contributed by atoms with Gasteiger partial charge in [-0.15, -0.1) is 0 Å². The molecular weight excluding hydrogens is 504 g/mol. The van der Waals surface area contributed by atoms with E-state index in [-0.39, 0.29) is 28.2 Å². The predicted octanol–water partition coefficient (Wildman–Crippen LogP) is 3.35. The Morgan fingerprint density at radius 3 is 2.32 bits per heavy atom. The number of methoxy groups -OCH3 is 1. The summed E-state index contributed by atoms with van der Waals surface area (Å²) >= 11 is 0.766. The minimum atomic E-state index is -1.06. The third-order valence-electron chi connectivity index (χ3n) is 6.65. The molecular formula is C27H32N6O4S. The van der Waals surface area contributed by atoms with E-state index in [2.05, 4.69) is 9.69 Å². The number of hydrogen-bond acceptors (Lipinski definition) is 8. The van der Waals surface area contributed by atoms with Crippen molar-refractivity contribution in [1.29, 1.82) is 0 Å². The predicted molar refractivity (Wildman–Crippen MR) is 149 cm³/mol. The van der Waals surface area contributed by atoms with Crippen LogP contribution in [0.15, 0.2) is 48.5 Å². The molecule has 4 rings (SSSR count). The fourth-order valence-corrected chi connectivity index (χ4v) is 5.40. The molecule has 0 aliphatic heterocycles. The fraction of sp³-hybridized carbons (Fsp3) is 0.333. The lowest BCUT2D eigenvalue weighted by Crippen LogP contribution is -2.46. The van der Waals surface area contributed by atoms with Crippen LogP contribution in [-0.4, -0.2) is 49.3 Å². The van der Waals surface area contributed by atoms with Gasteiger partial charge in [-0.05, 0) is 54.2 Å². The number of nitrogens with two attached hydrogens (primary N) is 2. The van der Waals surface area contributed by atoms with Crippen LogP contribution in [0.25, 0.3) is 0 Å². The Labute approximate surface area is 225 Å². The Kier molecular flexibility index (Phi) is 8.16. The Morgan fingerprint density at radius 1 is 1.08 bits per heavy atom. The molecule has 1 aliphatic carbocycles. The zero-order chi connectivity index (χ0) is 27.4. The number of anilines is 3. The van der Waals surface area contributed by atoms with Crippen LogP contribution in [0, 0.1) is 0 Å². The molecule has 1 fully saturated rings. The van der Waals surface area contributed by atoms with Gasteiger partial charge in [0.05, 0.1) is 18.5 Å². The number of nitrogen functional groups attached to an aromatic ring is 1. The average molecular weight is 537 g/mol. The molecule has 0 bridgehead atoms. The summed E-state index contributed by atoms with van der Waals surface area (Å²) in [5, 5.41) is 3.15. The average Bonchev–Trinajstić information content (AvgIpc) is 3.56. The first-order valence-electron chi connectivity index (χ1n) is 12.3. The van der Waals surface area contributed by atoms with E-state index in [0.29, 0.717) is 17.0 Å². The minimum Gasteiger partial charge on any atom is -0.495 e. The molecule has 10 nitrogen and oxygen atoms in total. The monoisotopic (exact) mass is 536 g/mol. The van der Waals surface area contributed by atoms with Gasteiger partial charge in [-0.1, -0.05) is 37.1 Å². The molecule has 1 atom stereocenters. The van der Waals surface area contributed by atoms with Crippen LogP contribution in [0.2, 0.25) is 0 Å². The molecule has 38 heavy (non-hydrogen) atoms. The Hall–Kier alpha value is -4.12. The number of nitrogens with zero attached hydrogens (tertiary/aromatic N) is 3. The molecule has 0 radical (unpaired) electrons. The number of rotatable bonds is 9. The zero-order valence-corrected chi connectivity index (χ0v) is 22.5. The molecule has 11 heteroatoms. The normalized spacial score (nSPS) is 14.1. The number of primary amides is 1. The quantitative estimate of drug-likeness (QED) is 0.380. The number of para-hydroxylation sites is 2. The summed E-state index contributed by atoms with van der Waals surface area (Å²) in [6.45, 7) is 0. The van der Waals surface area contributed by atoms with Crippen molar-refractivity contribution in [2.75, 3.05) is 36.7 Å². The van der Waals surface area contributed by atoms with Gasteiger partial charge >= 0.3 is 0 Å². The van der Waals surface area contributed by atoms with E-state index in [9.17, 15) is 14.4 Å². The second-order valence-corrected chi connectivity index (χ2v) is 10.1. The van der Waals surface area contributed by atoms with Gasteiger partial charge in [0.1, 0.15) is 16.7 Å². The van der Waals surface area contributed by atoms with Gasteiger partial charge < -0.3 is 26.4 Å². The van der Waals surface area contributed by atoms with Crippen molar-refractivity contribution in [2.24, 2.45) is 5.73 Å². The lowest BCUT2D eigenvalue weighted by atomic mass is 10.0. The second-order valence-electron chi connectivity index (χ2n) is 9.36. The van der Waals surface area contributed by atoms with Crippen LogP contribution in [-0.2, 0) is 4.79 Å². The summed E-state index contributed by atoms with van der Waals surface area (Å²) in [5.41, 5.74) is 13.2. The highest BCUT2D eigenvalue weighted by atomic mass is 32.1. The number of nitrogens with one attached hydrogen (secondary N) is 1. The summed E-state index contributed by atoms with van der Waals surface area (Å²) < 4.78 is 9.59. The highest BCUT2D eigenvalue weighted by Crippen LogP contribution is 2.38. The SMILES string of the molecule is COc1ccccc1N(C(=O)c1snc(C(N)=O)c1N)[C@H](C(=O)NC1CCCC1)c1ccc(N(C)C)cc1. The highest BCUT2D eigenvalue weighted by molar-refractivity contribution is 7.09. The van der Waals surface area contributed by atoms with Crippen LogP contribution in [0.1, 0.15) is 57.4 Å². The number of benzene rings is 2. The lowest BCUT2D eigenvalue weighted by molar-refractivity contribution is -0.123. The van der Waals surface area contributed by atoms with E-state index >= 15 is 0 Å². The number of amides is 3. The van der Waals surface area contributed by atoms with Crippen molar-refractivity contribution >= 4 is 46.3 Å². The van der Waals surface area contributed by atoms with Crippen molar-refractivity contribution in [3.8, 4) is 5.75 Å². The zero-order valence-electron chi connectivity index (χ0n) is 21.6. The molecule has 2 aromatic carbocycles. The Morgan fingerprint density at radius 2 is 1.74 bits per heavy atom. The van der Waals surface area contributed by atoms with Crippen molar-refractivity contribution in [3.63, 3.8) is 0 Å². The van der Waals surface area contributed by atoms with Crippen LogP contribution in [0.4, 0.5) is 17.1 Å². The summed E-state index contributed by atoms with van der Waals surface area (Å²) in [6.07, 6.45) is 3.83. The van der Waals surface area contributed by atoms with Gasteiger partial charge in [-0.2, -0.15) is 4.37 Å². The van der Waals surface area contributed by atoms with E-state index in [1.807, 2.05) is 43.3 Å². The van der Waals surface area contributed by atoms with Gasteiger partial charge in [0.15, 0.2) is 5.69 Å². The summed E-state index contributed by atoms with van der Waals surface area (Å²) in [7, 11) is 5.34. The molecule has 0 saturated heterocycles. The van der Waals surface area contributed by atoms with Gasteiger partial charge in [0.2, 0.25) is 5.91 Å². The first-order chi connectivity index (χ1) is 18.2. The third kappa shape index (κ3) is 5.42. The van der Waals surface area contributed by atoms with Gasteiger partial charge in [-0.25, -0.2) is 0 Å². The van der Waals surface area contributed by atoms with Gasteiger partial charge in [0.25, 0.3) is 11.8 Å². The maximum Gasteiger partial charge on any atom is 0.273 e. The van der Waals surface area contributed by atoms with Crippen molar-refractivity contribution in [2.45, 2.75) is 37.8 Å². The van der Waals surface area contributed by atoms with E-state index in [4.69, 9.17) is 16.2 Å². The number of carbonyl (C=O) groups is 3. The smallest absolute Gasteiger partial charge is 0.273 e. The van der Waals surface area contributed by atoms with Crippen LogP contribution in [0.5, 0.6) is 5.75 Å². The fourth-order valence-electron chi connectivity index (χ4n) is 4.66. The number of carbonyl (C=O) groups excluding carboxylic acids is 3. The lowest BCUT2D eigenvalue weighted by Gasteiger charge is -2.33. The molecule has 1 aliphatic rings. The molecule has 1 heterocycles. The summed E-state index contributed by atoms with van der Waals surface area (Å²) in [5.74, 6) is -1.37. The third-order valence-corrected chi connectivity index (χ3v) is 7.50. The second kappa shape index (κ2) is 11.5. The minimum absolute atomic E-state index is 0.00767. The van der Waals surface area contributed by atoms with Crippen LogP contribution < -0.4 is 31.3 Å². The van der Waals surface area contributed by atoms with Crippen molar-refractivity contribution in [1.82, 2.24) is 9.69 Å². The Bertz CT molecular complexity index is 1320. The summed E-state index contributed by atoms with van der Waals surface area (Å²) in [4.78, 5) is 43.4. The molecule has 3 aromatic rings. The first kappa shape index (κ1) is 26.9. The molecule has 0 unspecified atom stereocenters. The van der Waals surface area contributed by atoms with Gasteiger partial charge in [-0.3, -0.25) is 19.3 Å². The van der Waals surface area contributed by atoms with E-state index in [1.54, 1.807) is 24.3 Å². The van der Waals surface area contributed by atoms with E-state index in [1.165, 1.54) is 12.0 Å². The molecule has 1 saturated carbocycles. The highest BCUT2D eigenvalue weighted by Gasteiger charge is 2.38. The molecule has 5 N–H and O–H groups in total. The molecule has 1 aromatic heterocycles. The van der Waals surface area contributed by atoms with Crippen LogP contribution >= 0.6 is 11.5 Å². The Balaban J connectivity index is 1.89.